The first-order chi connectivity index (χ1) is 11.5. The minimum atomic E-state index is 0. The van der Waals surface area contributed by atoms with E-state index in [1.54, 1.807) is 4.57 Å². The summed E-state index contributed by atoms with van der Waals surface area (Å²) in [6.07, 6.45) is 6.93. The van der Waals surface area contributed by atoms with Gasteiger partial charge < -0.3 is 24.8 Å². The number of hydrogen-bond acceptors (Lipinski definition) is 1. The summed E-state index contributed by atoms with van der Waals surface area (Å²) in [4.78, 5) is 12.4. The number of aromatic nitrogens is 2. The molecule has 0 fully saturated rings. The van der Waals surface area contributed by atoms with E-state index in [4.69, 9.17) is 0 Å². The molecule has 0 saturated carbocycles. The van der Waals surface area contributed by atoms with E-state index in [1.807, 2.05) is 41.5 Å². The molecule has 0 aliphatic rings. The van der Waals surface area contributed by atoms with E-state index in [9.17, 15) is 4.79 Å². The molecule has 0 saturated heterocycles. The zero-order valence-corrected chi connectivity index (χ0v) is 19.2. The van der Waals surface area contributed by atoms with Crippen molar-refractivity contribution in [3.8, 4) is 5.69 Å². The molecular weight excluding hydrogens is 564 g/mol. The van der Waals surface area contributed by atoms with Crippen molar-refractivity contribution in [2.45, 2.75) is 33.6 Å². The molecular formula is C21H23AuCl2N2O. The molecule has 2 aromatic carbocycles. The van der Waals surface area contributed by atoms with Crippen LogP contribution in [-0.4, -0.2) is 10.5 Å². The maximum atomic E-state index is 12.4. The average molecular weight is 587 g/mol. The number of halogens is 2. The Kier molecular flexibility index (Phi) is 10.9. The maximum absolute atomic E-state index is 12.4. The Morgan fingerprint density at radius 2 is 1.59 bits per heavy atom. The summed E-state index contributed by atoms with van der Waals surface area (Å²) >= 11 is 0. The van der Waals surface area contributed by atoms with E-state index < -0.39 is 0 Å². The summed E-state index contributed by atoms with van der Waals surface area (Å²) in [5, 5.41) is 0. The van der Waals surface area contributed by atoms with E-state index in [-0.39, 0.29) is 53.1 Å². The number of hydrogen-bond donors (Lipinski definition) is 0. The molecule has 0 bridgehead atoms. The van der Waals surface area contributed by atoms with Crippen LogP contribution in [0.3, 0.4) is 0 Å². The van der Waals surface area contributed by atoms with Gasteiger partial charge in [-0.05, 0) is 43.9 Å². The summed E-state index contributed by atoms with van der Waals surface area (Å²) in [6.45, 7) is 6.32. The Morgan fingerprint density at radius 3 is 2.19 bits per heavy atom. The Morgan fingerprint density at radius 1 is 1.00 bits per heavy atom. The number of carbonyl (C=O) groups excluding carboxylic acids is 1. The van der Waals surface area contributed by atoms with E-state index >= 15 is 0 Å². The molecule has 0 radical (unpaired) electrons. The SMILES string of the molecule is Cc1cc(C)c(-[n+]2ccn(C(=O)CCc3ccccc3)c2)c(C)c1.[Au+].[Cl-].[Cl-]. The number of imidazole rings is 1. The fourth-order valence-electron chi connectivity index (χ4n) is 3.24. The third-order valence-electron chi connectivity index (χ3n) is 4.29. The van der Waals surface area contributed by atoms with Gasteiger partial charge in [-0.2, -0.15) is 4.57 Å². The van der Waals surface area contributed by atoms with Crippen LogP contribution in [0.5, 0.6) is 0 Å². The van der Waals surface area contributed by atoms with Crippen molar-refractivity contribution in [1.82, 2.24) is 4.57 Å². The zero-order valence-electron chi connectivity index (χ0n) is 15.5. The molecule has 6 heteroatoms. The number of nitrogens with zero attached hydrogens (tertiary/aromatic N) is 2. The van der Waals surface area contributed by atoms with Gasteiger partial charge >= 0.3 is 28.3 Å². The molecule has 0 aliphatic heterocycles. The molecule has 3 nitrogen and oxygen atoms in total. The molecule has 1 heterocycles. The first-order valence-corrected chi connectivity index (χ1v) is 8.29. The van der Waals surface area contributed by atoms with Crippen LogP contribution < -0.4 is 29.4 Å². The van der Waals surface area contributed by atoms with Gasteiger partial charge in [0.2, 0.25) is 0 Å². The van der Waals surface area contributed by atoms with Crippen molar-refractivity contribution < 1.29 is 56.6 Å². The molecule has 0 atom stereocenters. The van der Waals surface area contributed by atoms with E-state index in [1.165, 1.54) is 22.3 Å². The summed E-state index contributed by atoms with van der Waals surface area (Å²) in [6, 6.07) is 14.5. The van der Waals surface area contributed by atoms with Gasteiger partial charge in [0.15, 0.2) is 0 Å². The van der Waals surface area contributed by atoms with Crippen LogP contribution in [-0.2, 0) is 28.8 Å². The van der Waals surface area contributed by atoms with Gasteiger partial charge in [-0.25, -0.2) is 9.36 Å². The maximum Gasteiger partial charge on any atom is 1.00 e. The molecule has 3 aromatic rings. The summed E-state index contributed by atoms with van der Waals surface area (Å²) in [7, 11) is 0. The normalized spacial score (nSPS) is 9.59. The van der Waals surface area contributed by atoms with Gasteiger partial charge in [0.05, 0.1) is 6.42 Å². The summed E-state index contributed by atoms with van der Waals surface area (Å²) < 4.78 is 3.71. The van der Waals surface area contributed by atoms with E-state index in [0.717, 1.165) is 12.1 Å². The number of benzene rings is 2. The van der Waals surface area contributed by atoms with Crippen molar-refractivity contribution in [1.29, 1.82) is 0 Å². The predicted molar refractivity (Wildman–Crippen MR) is 95.6 cm³/mol. The minimum absolute atomic E-state index is 0. The topological polar surface area (TPSA) is 25.9 Å². The average Bonchev–Trinajstić information content (AvgIpc) is 3.02. The molecule has 0 aliphatic carbocycles. The third kappa shape index (κ3) is 6.34. The van der Waals surface area contributed by atoms with Crippen molar-refractivity contribution in [3.63, 3.8) is 0 Å². The monoisotopic (exact) mass is 586 g/mol. The Bertz CT molecular complexity index is 856. The molecule has 27 heavy (non-hydrogen) atoms. The molecule has 148 valence electrons. The Balaban J connectivity index is 0.00000225. The Hall–Kier alpha value is -1.36. The molecule has 0 unspecified atom stereocenters. The first kappa shape index (κ1) is 25.6. The molecule has 0 amide bonds. The van der Waals surface area contributed by atoms with Gasteiger partial charge in [0.1, 0.15) is 18.1 Å². The van der Waals surface area contributed by atoms with Crippen LogP contribution in [0.25, 0.3) is 5.69 Å². The van der Waals surface area contributed by atoms with Gasteiger partial charge in [0.25, 0.3) is 6.33 Å². The van der Waals surface area contributed by atoms with Gasteiger partial charge in [-0.15, -0.1) is 0 Å². The quantitative estimate of drug-likeness (QED) is 0.256. The smallest absolute Gasteiger partial charge is 1.00 e. The van der Waals surface area contributed by atoms with Crippen LogP contribution in [0.1, 0.15) is 33.5 Å². The van der Waals surface area contributed by atoms with Gasteiger partial charge in [-0.1, -0.05) is 48.0 Å². The van der Waals surface area contributed by atoms with Crippen molar-refractivity contribution >= 4 is 5.91 Å². The molecule has 0 N–H and O–H groups in total. The van der Waals surface area contributed by atoms with Crippen LogP contribution in [0.15, 0.2) is 61.2 Å². The predicted octanol–water partition coefficient (Wildman–Crippen LogP) is -2.03. The van der Waals surface area contributed by atoms with Crippen molar-refractivity contribution in [2.24, 2.45) is 0 Å². The standard InChI is InChI=1S/C21H23N2O.Au.2ClH/c1-16-13-17(2)21(18(3)14-16)23-12-11-22(15-23)20(24)10-9-19-7-5-4-6-8-19;;;/h4-8,11-15H,9-10H2,1-3H3;;2*1H/q2*+1;;/p-2. The van der Waals surface area contributed by atoms with E-state index in [2.05, 4.69) is 45.0 Å². The van der Waals surface area contributed by atoms with Crippen LogP contribution >= 0.6 is 0 Å². The van der Waals surface area contributed by atoms with Gasteiger partial charge in [0, 0.05) is 0 Å². The second kappa shape index (κ2) is 11.5. The van der Waals surface area contributed by atoms with E-state index in [0.29, 0.717) is 6.42 Å². The molecule has 3 rings (SSSR count). The van der Waals surface area contributed by atoms with Crippen LogP contribution in [0.4, 0.5) is 0 Å². The van der Waals surface area contributed by atoms with Crippen LogP contribution in [0, 0.1) is 20.8 Å². The second-order valence-corrected chi connectivity index (χ2v) is 6.35. The first-order valence-electron chi connectivity index (χ1n) is 8.29. The second-order valence-electron chi connectivity index (χ2n) is 6.35. The van der Waals surface area contributed by atoms with Crippen molar-refractivity contribution in [3.05, 3.63) is 83.4 Å². The third-order valence-corrected chi connectivity index (χ3v) is 4.29. The molecule has 0 spiro atoms. The minimum Gasteiger partial charge on any atom is -1.00 e. The summed E-state index contributed by atoms with van der Waals surface area (Å²) in [5.41, 5.74) is 6.03. The Labute approximate surface area is 189 Å². The number of aryl methyl sites for hydroxylation is 4. The van der Waals surface area contributed by atoms with Crippen molar-refractivity contribution in [2.75, 3.05) is 0 Å². The largest absolute Gasteiger partial charge is 1.00 e. The fraction of sp³-hybridized carbons (Fsp3) is 0.238. The fourth-order valence-corrected chi connectivity index (χ4v) is 3.24. The zero-order chi connectivity index (χ0) is 17.1. The number of carbonyl (C=O) groups is 1. The molecule has 1 aromatic heterocycles. The number of rotatable bonds is 4. The van der Waals surface area contributed by atoms with Gasteiger partial charge in [-0.3, -0.25) is 0 Å². The van der Waals surface area contributed by atoms with Crippen LogP contribution in [0.2, 0.25) is 0 Å². The summed E-state index contributed by atoms with van der Waals surface area (Å²) in [5.74, 6) is 0.111.